The number of benzene rings is 2. The van der Waals surface area contributed by atoms with Crippen molar-refractivity contribution in [1.82, 2.24) is 0 Å². The average Bonchev–Trinajstić information content (AvgIpc) is 2.56. The van der Waals surface area contributed by atoms with Gasteiger partial charge in [0.15, 0.2) is 0 Å². The summed E-state index contributed by atoms with van der Waals surface area (Å²) < 4.78 is 7.20. The summed E-state index contributed by atoms with van der Waals surface area (Å²) in [5, 5.41) is 1.63. The Morgan fingerprint density at radius 1 is 1.05 bits per heavy atom. The van der Waals surface area contributed by atoms with E-state index in [0.717, 1.165) is 5.32 Å². The molecule has 0 radical (unpaired) electrons. The molecule has 0 bridgehead atoms. The van der Waals surface area contributed by atoms with Crippen LogP contribution >= 0.6 is 11.8 Å². The molecular formula is C18H22OSSe. The van der Waals surface area contributed by atoms with Gasteiger partial charge in [-0.15, -0.1) is 0 Å². The average molecular weight is 365 g/mol. The Kier molecular flexibility index (Phi) is 6.85. The van der Waals surface area contributed by atoms with Crippen molar-refractivity contribution in [2.45, 2.75) is 23.6 Å². The zero-order valence-corrected chi connectivity index (χ0v) is 15.3. The van der Waals surface area contributed by atoms with E-state index >= 15 is 0 Å². The normalized spacial score (nSPS) is 13.9. The summed E-state index contributed by atoms with van der Waals surface area (Å²) in [4.78, 5) is 0. The third kappa shape index (κ3) is 4.62. The van der Waals surface area contributed by atoms with Crippen molar-refractivity contribution in [2.75, 3.05) is 13.4 Å². The summed E-state index contributed by atoms with van der Waals surface area (Å²) in [7, 11) is 1.81. The number of rotatable bonds is 7. The van der Waals surface area contributed by atoms with Crippen LogP contribution in [0.4, 0.5) is 0 Å². The Labute approximate surface area is 138 Å². The van der Waals surface area contributed by atoms with Crippen molar-refractivity contribution >= 4 is 31.2 Å². The third-order valence-corrected chi connectivity index (χ3v) is 6.94. The summed E-state index contributed by atoms with van der Waals surface area (Å²) in [6.45, 7) is 2.28. The Morgan fingerprint density at radius 3 is 2.38 bits per heavy atom. The van der Waals surface area contributed by atoms with E-state index < -0.39 is 0 Å². The fourth-order valence-electron chi connectivity index (χ4n) is 2.21. The van der Waals surface area contributed by atoms with Crippen molar-refractivity contribution in [1.29, 1.82) is 0 Å². The van der Waals surface area contributed by atoms with Gasteiger partial charge in [-0.25, -0.2) is 0 Å². The SMILES string of the molecule is COC(C[Se]c1ccccc1[C@H](C)SC)c1ccccc1. The van der Waals surface area contributed by atoms with E-state index in [4.69, 9.17) is 4.74 Å². The molecule has 0 aliphatic rings. The van der Waals surface area contributed by atoms with Gasteiger partial charge in [-0.2, -0.15) is 0 Å². The molecule has 0 spiro atoms. The van der Waals surface area contributed by atoms with Crippen LogP contribution in [-0.4, -0.2) is 28.3 Å². The van der Waals surface area contributed by atoms with Gasteiger partial charge in [-0.3, -0.25) is 0 Å². The Hall–Kier alpha value is -0.731. The molecule has 1 unspecified atom stereocenters. The van der Waals surface area contributed by atoms with Crippen molar-refractivity contribution in [3.8, 4) is 0 Å². The molecule has 3 heteroatoms. The fraction of sp³-hybridized carbons (Fsp3) is 0.333. The van der Waals surface area contributed by atoms with Crippen LogP contribution in [0.1, 0.15) is 29.4 Å². The third-order valence-electron chi connectivity index (χ3n) is 3.56. The van der Waals surface area contributed by atoms with Gasteiger partial charge in [-0.05, 0) is 0 Å². The number of ether oxygens (including phenoxy) is 1. The summed E-state index contributed by atoms with van der Waals surface area (Å²) in [6.07, 6.45) is 2.37. The van der Waals surface area contributed by atoms with E-state index in [0.29, 0.717) is 20.2 Å². The predicted molar refractivity (Wildman–Crippen MR) is 94.8 cm³/mol. The molecule has 2 atom stereocenters. The van der Waals surface area contributed by atoms with E-state index in [-0.39, 0.29) is 6.10 Å². The van der Waals surface area contributed by atoms with Crippen LogP contribution in [0, 0.1) is 0 Å². The van der Waals surface area contributed by atoms with Gasteiger partial charge in [0.25, 0.3) is 0 Å². The van der Waals surface area contributed by atoms with Gasteiger partial charge in [0.05, 0.1) is 0 Å². The molecule has 2 aromatic carbocycles. The molecule has 21 heavy (non-hydrogen) atoms. The number of methoxy groups -OCH3 is 1. The standard InChI is InChI=1S/C18H22OSSe/c1-14(20-3)16-11-7-8-12-18(16)21-13-17(19-2)15-9-5-4-6-10-15/h4-12,14,17H,13H2,1-3H3/t14-,17?/m0/s1. The van der Waals surface area contributed by atoms with Gasteiger partial charge in [0.1, 0.15) is 0 Å². The molecule has 0 saturated heterocycles. The van der Waals surface area contributed by atoms with E-state index in [9.17, 15) is 0 Å². The first-order chi connectivity index (χ1) is 10.3. The van der Waals surface area contributed by atoms with Crippen LogP contribution < -0.4 is 4.46 Å². The molecule has 0 aromatic heterocycles. The second-order valence-electron chi connectivity index (χ2n) is 4.86. The second-order valence-corrected chi connectivity index (χ2v) is 8.27. The zero-order chi connectivity index (χ0) is 15.1. The van der Waals surface area contributed by atoms with Crippen LogP contribution in [0.3, 0.4) is 0 Å². The fourth-order valence-corrected chi connectivity index (χ4v) is 5.45. The van der Waals surface area contributed by atoms with E-state index in [1.165, 1.54) is 15.6 Å². The number of hydrogen-bond acceptors (Lipinski definition) is 2. The topological polar surface area (TPSA) is 9.23 Å². The molecule has 0 N–H and O–H groups in total. The minimum absolute atomic E-state index is 0.198. The molecule has 1 nitrogen and oxygen atoms in total. The summed E-state index contributed by atoms with van der Waals surface area (Å²) in [6, 6.07) is 19.4. The zero-order valence-electron chi connectivity index (χ0n) is 12.8. The molecule has 2 rings (SSSR count). The molecule has 2 aromatic rings. The first-order valence-electron chi connectivity index (χ1n) is 7.08. The van der Waals surface area contributed by atoms with Crippen LogP contribution in [0.25, 0.3) is 0 Å². The molecular weight excluding hydrogens is 343 g/mol. The van der Waals surface area contributed by atoms with Gasteiger partial charge in [0.2, 0.25) is 0 Å². The predicted octanol–water partition coefficient (Wildman–Crippen LogP) is 4.25. The van der Waals surface area contributed by atoms with Crippen molar-refractivity contribution in [3.63, 3.8) is 0 Å². The molecule has 0 aliphatic heterocycles. The summed E-state index contributed by atoms with van der Waals surface area (Å²) in [5.41, 5.74) is 2.75. The molecule has 0 amide bonds. The molecule has 0 heterocycles. The van der Waals surface area contributed by atoms with E-state index in [2.05, 4.69) is 67.8 Å². The van der Waals surface area contributed by atoms with Gasteiger partial charge >= 0.3 is 139 Å². The van der Waals surface area contributed by atoms with Crippen molar-refractivity contribution in [2.24, 2.45) is 0 Å². The van der Waals surface area contributed by atoms with Gasteiger partial charge in [-0.1, -0.05) is 0 Å². The van der Waals surface area contributed by atoms with E-state index in [1.54, 1.807) is 0 Å². The maximum absolute atomic E-state index is 5.70. The quantitative estimate of drug-likeness (QED) is 0.679. The van der Waals surface area contributed by atoms with E-state index in [1.807, 2.05) is 18.9 Å². The molecule has 0 fully saturated rings. The molecule has 0 saturated carbocycles. The van der Waals surface area contributed by atoms with Crippen molar-refractivity contribution in [3.05, 3.63) is 65.7 Å². The number of hydrogen-bond donors (Lipinski definition) is 0. The minimum atomic E-state index is 0.198. The Balaban J connectivity index is 2.08. The van der Waals surface area contributed by atoms with Crippen LogP contribution in [0.5, 0.6) is 0 Å². The van der Waals surface area contributed by atoms with Gasteiger partial charge < -0.3 is 0 Å². The van der Waals surface area contributed by atoms with Crippen molar-refractivity contribution < 1.29 is 4.74 Å². The molecule has 112 valence electrons. The molecule has 0 aliphatic carbocycles. The van der Waals surface area contributed by atoms with Crippen LogP contribution in [-0.2, 0) is 4.74 Å². The number of thioether (sulfide) groups is 1. The first kappa shape index (κ1) is 16.6. The summed E-state index contributed by atoms with van der Waals surface area (Å²) in [5.74, 6) is 0. The first-order valence-corrected chi connectivity index (χ1v) is 10.4. The van der Waals surface area contributed by atoms with Crippen LogP contribution in [0.15, 0.2) is 54.6 Å². The second kappa shape index (κ2) is 8.65. The van der Waals surface area contributed by atoms with Crippen LogP contribution in [0.2, 0.25) is 5.32 Å². The monoisotopic (exact) mass is 366 g/mol. The van der Waals surface area contributed by atoms with Gasteiger partial charge in [0, 0.05) is 0 Å². The maximum atomic E-state index is 5.70. The summed E-state index contributed by atoms with van der Waals surface area (Å²) >= 11 is 2.33. The Bertz CT molecular complexity index is 544. The Morgan fingerprint density at radius 2 is 1.71 bits per heavy atom.